The Labute approximate surface area is 136 Å². The van der Waals surface area contributed by atoms with Crippen molar-refractivity contribution in [3.63, 3.8) is 0 Å². The van der Waals surface area contributed by atoms with Crippen LogP contribution < -0.4 is 9.64 Å². The van der Waals surface area contributed by atoms with E-state index in [2.05, 4.69) is 6.07 Å². The van der Waals surface area contributed by atoms with Crippen LogP contribution in [0.3, 0.4) is 0 Å². The number of nitrogens with zero attached hydrogens (tertiary/aromatic N) is 2. The van der Waals surface area contributed by atoms with E-state index in [1.54, 1.807) is 7.11 Å². The number of carbonyl (C=O) groups is 1. The molecular weight excluding hydrogens is 288 g/mol. The van der Waals surface area contributed by atoms with E-state index >= 15 is 0 Å². The highest BCUT2D eigenvalue weighted by Crippen LogP contribution is 2.34. The Bertz CT molecular complexity index is 750. The number of carbonyl (C=O) groups excluding carboxylic acids is 1. The van der Waals surface area contributed by atoms with Crippen LogP contribution in [0.15, 0.2) is 24.3 Å². The monoisotopic (exact) mass is 310 g/mol. The van der Waals surface area contributed by atoms with E-state index in [9.17, 15) is 4.79 Å². The Hall–Kier alpha value is -2.10. The topological polar surface area (TPSA) is 42.4 Å². The zero-order valence-electron chi connectivity index (χ0n) is 13.5. The van der Waals surface area contributed by atoms with Gasteiger partial charge < -0.3 is 4.74 Å². The molecule has 1 aromatic carbocycles. The number of aromatic nitrogens is 1. The van der Waals surface area contributed by atoms with Gasteiger partial charge in [0.25, 0.3) is 0 Å². The van der Waals surface area contributed by atoms with Crippen molar-refractivity contribution in [3.8, 4) is 5.75 Å². The number of pyridine rings is 1. The van der Waals surface area contributed by atoms with Crippen molar-refractivity contribution in [2.24, 2.45) is 5.92 Å². The summed E-state index contributed by atoms with van der Waals surface area (Å²) in [7, 11) is 1.67. The molecule has 2 aromatic rings. The van der Waals surface area contributed by atoms with E-state index in [-0.39, 0.29) is 11.8 Å². The van der Waals surface area contributed by atoms with Gasteiger partial charge in [0.05, 0.1) is 12.6 Å². The summed E-state index contributed by atoms with van der Waals surface area (Å²) in [6.07, 6.45) is 6.61. The lowest BCUT2D eigenvalue weighted by molar-refractivity contribution is -0.123. The zero-order valence-corrected chi connectivity index (χ0v) is 13.5. The summed E-state index contributed by atoms with van der Waals surface area (Å²) >= 11 is 0. The highest BCUT2D eigenvalue weighted by Gasteiger charge is 2.32. The minimum atomic E-state index is 0.197. The molecule has 0 saturated heterocycles. The second-order valence-electron chi connectivity index (χ2n) is 6.60. The first-order chi connectivity index (χ1) is 11.3. The van der Waals surface area contributed by atoms with E-state index in [4.69, 9.17) is 9.72 Å². The normalized spacial score (nSPS) is 18.2. The van der Waals surface area contributed by atoms with Gasteiger partial charge >= 0.3 is 0 Å². The van der Waals surface area contributed by atoms with Crippen molar-refractivity contribution < 1.29 is 9.53 Å². The fraction of sp³-hybridized carbons (Fsp3) is 0.474. The largest absolute Gasteiger partial charge is 0.497 e. The standard InChI is InChI=1S/C19H22N2O2/c1-23-16-7-8-17-15(12-16)11-14-9-10-21(18(14)20-17)19(22)13-5-3-2-4-6-13/h7-8,11-13H,2-6,9-10H2,1H3. The lowest BCUT2D eigenvalue weighted by atomic mass is 9.88. The summed E-state index contributed by atoms with van der Waals surface area (Å²) in [6, 6.07) is 8.06. The van der Waals surface area contributed by atoms with Crippen molar-refractivity contribution in [2.45, 2.75) is 38.5 Å². The summed E-state index contributed by atoms with van der Waals surface area (Å²) in [6.45, 7) is 0.769. The molecule has 4 rings (SSSR count). The first-order valence-electron chi connectivity index (χ1n) is 8.55. The molecule has 2 aliphatic rings. The fourth-order valence-corrected chi connectivity index (χ4v) is 3.86. The Morgan fingerprint density at radius 3 is 2.83 bits per heavy atom. The number of benzene rings is 1. The van der Waals surface area contributed by atoms with Gasteiger partial charge in [0.2, 0.25) is 5.91 Å². The number of ether oxygens (including phenoxy) is 1. The Kier molecular flexibility index (Phi) is 3.68. The van der Waals surface area contributed by atoms with Crippen LogP contribution in [-0.4, -0.2) is 24.5 Å². The van der Waals surface area contributed by atoms with Crippen LogP contribution in [0.2, 0.25) is 0 Å². The molecule has 4 nitrogen and oxygen atoms in total. The molecule has 120 valence electrons. The third-order valence-corrected chi connectivity index (χ3v) is 5.16. The maximum atomic E-state index is 12.9. The minimum absolute atomic E-state index is 0.197. The predicted molar refractivity (Wildman–Crippen MR) is 90.9 cm³/mol. The molecule has 0 atom stereocenters. The van der Waals surface area contributed by atoms with Gasteiger partial charge in [-0.2, -0.15) is 0 Å². The average molecular weight is 310 g/mol. The maximum Gasteiger partial charge on any atom is 0.231 e. The maximum absolute atomic E-state index is 12.9. The molecule has 1 aromatic heterocycles. The third-order valence-electron chi connectivity index (χ3n) is 5.16. The average Bonchev–Trinajstić information content (AvgIpc) is 3.02. The van der Waals surface area contributed by atoms with E-state index < -0.39 is 0 Å². The van der Waals surface area contributed by atoms with Crippen molar-refractivity contribution in [1.82, 2.24) is 4.98 Å². The SMILES string of the molecule is COc1ccc2nc3c(cc2c1)CCN3C(=O)C1CCCCC1. The molecule has 1 aliphatic carbocycles. The van der Waals surface area contributed by atoms with Gasteiger partial charge in [-0.1, -0.05) is 19.3 Å². The molecule has 1 fully saturated rings. The van der Waals surface area contributed by atoms with Crippen molar-refractivity contribution in [3.05, 3.63) is 29.8 Å². The molecule has 1 aliphatic heterocycles. The molecular formula is C19H22N2O2. The summed E-state index contributed by atoms with van der Waals surface area (Å²) in [5.74, 6) is 2.19. The molecule has 0 unspecified atom stereocenters. The van der Waals surface area contributed by atoms with Crippen molar-refractivity contribution in [2.75, 3.05) is 18.6 Å². The van der Waals surface area contributed by atoms with Crippen LogP contribution in [-0.2, 0) is 11.2 Å². The summed E-state index contributed by atoms with van der Waals surface area (Å²) in [5.41, 5.74) is 2.10. The van der Waals surface area contributed by atoms with Gasteiger partial charge in [0, 0.05) is 17.8 Å². The number of rotatable bonds is 2. The van der Waals surface area contributed by atoms with Crippen LogP contribution in [0.5, 0.6) is 5.75 Å². The number of amides is 1. The van der Waals surface area contributed by atoms with Crippen LogP contribution in [0, 0.1) is 5.92 Å². The Morgan fingerprint density at radius 2 is 2.04 bits per heavy atom. The third kappa shape index (κ3) is 2.56. The first-order valence-corrected chi connectivity index (χ1v) is 8.55. The van der Waals surface area contributed by atoms with Gasteiger partial charge in [-0.05, 0) is 49.1 Å². The van der Waals surface area contributed by atoms with E-state index in [1.165, 1.54) is 24.8 Å². The van der Waals surface area contributed by atoms with Crippen LogP contribution in [0.1, 0.15) is 37.7 Å². The van der Waals surface area contributed by atoms with Gasteiger partial charge in [0.1, 0.15) is 11.6 Å². The predicted octanol–water partition coefficient (Wildman–Crippen LogP) is 3.71. The number of hydrogen-bond acceptors (Lipinski definition) is 3. The summed E-state index contributed by atoms with van der Waals surface area (Å²) in [4.78, 5) is 19.6. The quantitative estimate of drug-likeness (QED) is 0.849. The van der Waals surface area contributed by atoms with Gasteiger partial charge in [0.15, 0.2) is 0 Å². The number of hydrogen-bond donors (Lipinski definition) is 0. The molecule has 0 N–H and O–H groups in total. The lowest BCUT2D eigenvalue weighted by Crippen LogP contribution is -2.36. The molecule has 1 saturated carbocycles. The van der Waals surface area contributed by atoms with Crippen LogP contribution in [0.4, 0.5) is 5.82 Å². The number of anilines is 1. The number of fused-ring (bicyclic) bond motifs is 2. The molecule has 0 bridgehead atoms. The molecule has 4 heteroatoms. The second kappa shape index (κ2) is 5.84. The summed E-state index contributed by atoms with van der Waals surface area (Å²) < 4.78 is 5.29. The minimum Gasteiger partial charge on any atom is -0.497 e. The Balaban J connectivity index is 1.67. The molecule has 1 amide bonds. The van der Waals surface area contributed by atoms with E-state index in [1.807, 2.05) is 23.1 Å². The fourth-order valence-electron chi connectivity index (χ4n) is 3.86. The number of methoxy groups -OCH3 is 1. The van der Waals surface area contributed by atoms with Crippen molar-refractivity contribution >= 4 is 22.6 Å². The van der Waals surface area contributed by atoms with Crippen LogP contribution >= 0.6 is 0 Å². The summed E-state index contributed by atoms with van der Waals surface area (Å²) in [5, 5.41) is 1.08. The highest BCUT2D eigenvalue weighted by molar-refractivity contribution is 5.97. The van der Waals surface area contributed by atoms with Crippen LogP contribution in [0.25, 0.3) is 10.9 Å². The lowest BCUT2D eigenvalue weighted by Gasteiger charge is -2.26. The Morgan fingerprint density at radius 1 is 1.22 bits per heavy atom. The van der Waals surface area contributed by atoms with Crippen molar-refractivity contribution in [1.29, 1.82) is 0 Å². The van der Waals surface area contributed by atoms with E-state index in [0.29, 0.717) is 0 Å². The highest BCUT2D eigenvalue weighted by atomic mass is 16.5. The van der Waals surface area contributed by atoms with Gasteiger partial charge in [-0.25, -0.2) is 4.98 Å². The zero-order chi connectivity index (χ0) is 15.8. The second-order valence-corrected chi connectivity index (χ2v) is 6.60. The van der Waals surface area contributed by atoms with Gasteiger partial charge in [-0.3, -0.25) is 9.69 Å². The smallest absolute Gasteiger partial charge is 0.231 e. The molecule has 0 spiro atoms. The van der Waals surface area contributed by atoms with Gasteiger partial charge in [-0.15, -0.1) is 0 Å². The molecule has 2 heterocycles. The molecule has 23 heavy (non-hydrogen) atoms. The molecule has 0 radical (unpaired) electrons. The van der Waals surface area contributed by atoms with E-state index in [0.717, 1.165) is 48.3 Å². The first kappa shape index (κ1) is 14.5.